The Hall–Kier alpha value is -2.96. The summed E-state index contributed by atoms with van der Waals surface area (Å²) in [5, 5.41) is 5.60. The number of hydrogen-bond acceptors (Lipinski definition) is 5. The minimum Gasteiger partial charge on any atom is -0.493 e. The second-order valence-electron chi connectivity index (χ2n) is 6.52. The molecule has 0 radical (unpaired) electrons. The average molecular weight is 374 g/mol. The van der Waals surface area contributed by atoms with E-state index >= 15 is 0 Å². The van der Waals surface area contributed by atoms with Gasteiger partial charge in [0, 0.05) is 5.56 Å². The molecule has 2 aromatic rings. The molecule has 7 nitrogen and oxygen atoms in total. The molecule has 0 spiro atoms. The van der Waals surface area contributed by atoms with E-state index in [1.807, 2.05) is 13.8 Å². The number of hydrogen-bond donors (Lipinski definition) is 2. The van der Waals surface area contributed by atoms with Gasteiger partial charge in [0.25, 0.3) is 5.91 Å². The highest BCUT2D eigenvalue weighted by Gasteiger charge is 2.23. The minimum absolute atomic E-state index is 0.232. The maximum absolute atomic E-state index is 12.6. The van der Waals surface area contributed by atoms with Crippen molar-refractivity contribution in [1.82, 2.24) is 10.6 Å². The minimum atomic E-state index is -0.652. The number of methoxy groups -OCH3 is 2. The van der Waals surface area contributed by atoms with E-state index in [0.29, 0.717) is 29.2 Å². The van der Waals surface area contributed by atoms with E-state index in [2.05, 4.69) is 10.6 Å². The highest BCUT2D eigenvalue weighted by atomic mass is 16.5. The second kappa shape index (κ2) is 9.66. The average Bonchev–Trinajstić information content (AvgIpc) is 3.18. The fourth-order valence-electron chi connectivity index (χ4n) is 2.63. The van der Waals surface area contributed by atoms with Crippen LogP contribution in [0.15, 0.2) is 41.0 Å². The van der Waals surface area contributed by atoms with Gasteiger partial charge in [0.2, 0.25) is 5.91 Å². The molecule has 1 atom stereocenters. The lowest BCUT2D eigenvalue weighted by atomic mass is 10.0. The van der Waals surface area contributed by atoms with Crippen molar-refractivity contribution in [3.8, 4) is 11.5 Å². The molecule has 0 aliphatic heterocycles. The molecule has 0 saturated carbocycles. The SMILES string of the molecule is COc1ccc(C(=O)N[C@H](CC(C)C)C(=O)NCc2ccco2)cc1OC. The van der Waals surface area contributed by atoms with Gasteiger partial charge in [-0.15, -0.1) is 0 Å². The summed E-state index contributed by atoms with van der Waals surface area (Å²) in [6.45, 7) is 4.26. The van der Waals surface area contributed by atoms with Gasteiger partial charge in [0.15, 0.2) is 11.5 Å². The fourth-order valence-corrected chi connectivity index (χ4v) is 2.63. The summed E-state index contributed by atoms with van der Waals surface area (Å²) in [4.78, 5) is 25.2. The van der Waals surface area contributed by atoms with Crippen molar-refractivity contribution in [3.05, 3.63) is 47.9 Å². The number of ether oxygens (including phenoxy) is 2. The summed E-state index contributed by atoms with van der Waals surface area (Å²) in [5.74, 6) is 1.26. The Balaban J connectivity index is 2.07. The number of furan rings is 1. The molecule has 7 heteroatoms. The summed E-state index contributed by atoms with van der Waals surface area (Å²) in [5.41, 5.74) is 0.389. The topological polar surface area (TPSA) is 89.8 Å². The molecule has 146 valence electrons. The molecule has 2 rings (SSSR count). The first-order valence-corrected chi connectivity index (χ1v) is 8.77. The van der Waals surface area contributed by atoms with Crippen LogP contribution in [0.25, 0.3) is 0 Å². The van der Waals surface area contributed by atoms with Gasteiger partial charge in [-0.3, -0.25) is 9.59 Å². The number of amides is 2. The molecule has 2 N–H and O–H groups in total. The van der Waals surface area contributed by atoms with Crippen molar-refractivity contribution in [2.75, 3.05) is 14.2 Å². The highest BCUT2D eigenvalue weighted by Crippen LogP contribution is 2.27. The van der Waals surface area contributed by atoms with Crippen molar-refractivity contribution in [1.29, 1.82) is 0 Å². The molecule has 0 aliphatic rings. The van der Waals surface area contributed by atoms with Crippen molar-refractivity contribution in [2.24, 2.45) is 5.92 Å². The molecule has 1 aromatic carbocycles. The maximum Gasteiger partial charge on any atom is 0.252 e. The van der Waals surface area contributed by atoms with Crippen molar-refractivity contribution in [2.45, 2.75) is 32.9 Å². The smallest absolute Gasteiger partial charge is 0.252 e. The molecular formula is C20H26N2O5. The lowest BCUT2D eigenvalue weighted by Gasteiger charge is -2.20. The van der Waals surface area contributed by atoms with E-state index in [9.17, 15) is 9.59 Å². The van der Waals surface area contributed by atoms with Gasteiger partial charge < -0.3 is 24.5 Å². The van der Waals surface area contributed by atoms with Crippen LogP contribution in [-0.2, 0) is 11.3 Å². The molecule has 0 fully saturated rings. The molecule has 1 heterocycles. The van der Waals surface area contributed by atoms with E-state index in [4.69, 9.17) is 13.9 Å². The summed E-state index contributed by atoms with van der Waals surface area (Å²) in [6.07, 6.45) is 2.06. The van der Waals surface area contributed by atoms with Crippen LogP contribution in [0.1, 0.15) is 36.4 Å². The summed E-state index contributed by atoms with van der Waals surface area (Å²) in [7, 11) is 3.03. The monoisotopic (exact) mass is 374 g/mol. The number of carbonyl (C=O) groups excluding carboxylic acids is 2. The Morgan fingerprint density at radius 3 is 2.44 bits per heavy atom. The molecule has 0 aliphatic carbocycles. The lowest BCUT2D eigenvalue weighted by molar-refractivity contribution is -0.123. The van der Waals surface area contributed by atoms with Gasteiger partial charge in [0.05, 0.1) is 27.0 Å². The van der Waals surface area contributed by atoms with Gasteiger partial charge in [-0.1, -0.05) is 13.8 Å². The van der Waals surface area contributed by atoms with Gasteiger partial charge in [-0.25, -0.2) is 0 Å². The number of rotatable bonds is 9. The highest BCUT2D eigenvalue weighted by molar-refractivity contribution is 5.98. The Kier molecular flexibility index (Phi) is 7.28. The first-order valence-electron chi connectivity index (χ1n) is 8.77. The number of benzene rings is 1. The van der Waals surface area contributed by atoms with Crippen LogP contribution >= 0.6 is 0 Å². The third-order valence-corrected chi connectivity index (χ3v) is 3.99. The van der Waals surface area contributed by atoms with Crippen LogP contribution in [0.5, 0.6) is 11.5 Å². The summed E-state index contributed by atoms with van der Waals surface area (Å²) < 4.78 is 15.6. The largest absolute Gasteiger partial charge is 0.493 e. The third kappa shape index (κ3) is 5.77. The molecular weight excluding hydrogens is 348 g/mol. The third-order valence-electron chi connectivity index (χ3n) is 3.99. The lowest BCUT2D eigenvalue weighted by Crippen LogP contribution is -2.47. The Labute approximate surface area is 159 Å². The van der Waals surface area contributed by atoms with Crippen LogP contribution in [-0.4, -0.2) is 32.1 Å². The first kappa shape index (κ1) is 20.4. The van der Waals surface area contributed by atoms with Gasteiger partial charge in [-0.05, 0) is 42.7 Å². The van der Waals surface area contributed by atoms with Crippen LogP contribution < -0.4 is 20.1 Å². The normalized spacial score (nSPS) is 11.7. The van der Waals surface area contributed by atoms with Crippen molar-refractivity contribution >= 4 is 11.8 Å². The van der Waals surface area contributed by atoms with Gasteiger partial charge in [-0.2, -0.15) is 0 Å². The molecule has 0 unspecified atom stereocenters. The van der Waals surface area contributed by atoms with Crippen molar-refractivity contribution < 1.29 is 23.5 Å². The van der Waals surface area contributed by atoms with Crippen LogP contribution in [0.2, 0.25) is 0 Å². The number of nitrogens with one attached hydrogen (secondary N) is 2. The fraction of sp³-hybridized carbons (Fsp3) is 0.400. The van der Waals surface area contributed by atoms with E-state index in [-0.39, 0.29) is 24.3 Å². The standard InChI is InChI=1S/C20H26N2O5/c1-13(2)10-16(20(24)21-12-15-6-5-9-27-15)22-19(23)14-7-8-17(25-3)18(11-14)26-4/h5-9,11,13,16H,10,12H2,1-4H3,(H,21,24)(H,22,23)/t16-/m1/s1. The zero-order valence-electron chi connectivity index (χ0n) is 16.1. The van der Waals surface area contributed by atoms with E-state index in [1.54, 1.807) is 36.6 Å². The molecule has 1 aromatic heterocycles. The molecule has 0 saturated heterocycles. The maximum atomic E-state index is 12.6. The summed E-state index contributed by atoms with van der Waals surface area (Å²) in [6, 6.07) is 7.75. The van der Waals surface area contributed by atoms with E-state index in [0.717, 1.165) is 0 Å². The van der Waals surface area contributed by atoms with Crippen molar-refractivity contribution in [3.63, 3.8) is 0 Å². The zero-order chi connectivity index (χ0) is 19.8. The Morgan fingerprint density at radius 1 is 1.11 bits per heavy atom. The molecule has 0 bridgehead atoms. The predicted octanol–water partition coefficient (Wildman–Crippen LogP) is 2.76. The zero-order valence-corrected chi connectivity index (χ0v) is 16.1. The van der Waals surface area contributed by atoms with Gasteiger partial charge in [0.1, 0.15) is 11.8 Å². The second-order valence-corrected chi connectivity index (χ2v) is 6.52. The van der Waals surface area contributed by atoms with E-state index in [1.165, 1.54) is 14.2 Å². The van der Waals surface area contributed by atoms with Gasteiger partial charge >= 0.3 is 0 Å². The first-order chi connectivity index (χ1) is 12.9. The Bertz CT molecular complexity index is 756. The predicted molar refractivity (Wildman–Crippen MR) is 101 cm³/mol. The number of carbonyl (C=O) groups is 2. The Morgan fingerprint density at radius 2 is 1.85 bits per heavy atom. The quantitative estimate of drug-likeness (QED) is 0.704. The summed E-state index contributed by atoms with van der Waals surface area (Å²) >= 11 is 0. The van der Waals surface area contributed by atoms with Crippen LogP contribution in [0.4, 0.5) is 0 Å². The molecule has 27 heavy (non-hydrogen) atoms. The molecule has 2 amide bonds. The van der Waals surface area contributed by atoms with Crippen LogP contribution in [0.3, 0.4) is 0 Å². The van der Waals surface area contributed by atoms with E-state index < -0.39 is 6.04 Å². The van der Waals surface area contributed by atoms with Crippen LogP contribution in [0, 0.1) is 5.92 Å².